The second-order valence-corrected chi connectivity index (χ2v) is 7.44. The number of methoxy groups -OCH3 is 1. The Morgan fingerprint density at radius 1 is 1.15 bits per heavy atom. The highest BCUT2D eigenvalue weighted by Gasteiger charge is 2.40. The molecule has 1 N–H and O–H groups in total. The first-order valence-electron chi connectivity index (χ1n) is 9.46. The Morgan fingerprint density at radius 2 is 1.89 bits per heavy atom. The molecule has 0 amide bonds. The van der Waals surface area contributed by atoms with Crippen LogP contribution in [0.5, 0.6) is 5.75 Å². The molecule has 2 fully saturated rings. The third kappa shape index (κ3) is 2.56. The Balaban J connectivity index is 1.68. The number of piperidine rings is 1. The maximum atomic E-state index is 5.91. The highest BCUT2D eigenvalue weighted by Crippen LogP contribution is 2.41. The molecule has 0 aliphatic carbocycles. The van der Waals surface area contributed by atoms with Crippen LogP contribution in [0.25, 0.3) is 21.9 Å². The van der Waals surface area contributed by atoms with Crippen LogP contribution in [0.1, 0.15) is 24.1 Å². The summed E-state index contributed by atoms with van der Waals surface area (Å²) in [6, 6.07) is 4.11. The van der Waals surface area contributed by atoms with Crippen LogP contribution in [-0.4, -0.2) is 54.4 Å². The minimum absolute atomic E-state index is 0.391. The second-order valence-electron chi connectivity index (χ2n) is 7.44. The SMILES string of the molecule is COc1cc(C)c2nc3n[nH]c(C)c3c(N3CCC4(CC3)OCCO4)c2c1. The van der Waals surface area contributed by atoms with Crippen LogP contribution in [0.15, 0.2) is 12.1 Å². The lowest BCUT2D eigenvalue weighted by atomic mass is 9.99. The van der Waals surface area contributed by atoms with Crippen molar-refractivity contribution < 1.29 is 14.2 Å². The highest BCUT2D eigenvalue weighted by atomic mass is 16.7. The minimum atomic E-state index is -0.391. The number of benzene rings is 1. The predicted octanol–water partition coefficient (Wildman–Crippen LogP) is 3.08. The Kier molecular flexibility index (Phi) is 3.77. The molecule has 0 saturated carbocycles. The van der Waals surface area contributed by atoms with E-state index in [9.17, 15) is 0 Å². The average Bonchev–Trinajstić information content (AvgIpc) is 3.28. The zero-order valence-corrected chi connectivity index (χ0v) is 16.0. The van der Waals surface area contributed by atoms with Gasteiger partial charge in [-0.3, -0.25) is 5.10 Å². The molecule has 2 aliphatic heterocycles. The van der Waals surface area contributed by atoms with Gasteiger partial charge < -0.3 is 19.1 Å². The van der Waals surface area contributed by atoms with Crippen molar-refractivity contribution in [2.24, 2.45) is 0 Å². The summed E-state index contributed by atoms with van der Waals surface area (Å²) in [6.07, 6.45) is 1.72. The van der Waals surface area contributed by atoms with Gasteiger partial charge in [-0.15, -0.1) is 0 Å². The number of hydrogen-bond donors (Lipinski definition) is 1. The van der Waals surface area contributed by atoms with E-state index in [0.29, 0.717) is 13.2 Å². The smallest absolute Gasteiger partial charge is 0.183 e. The summed E-state index contributed by atoms with van der Waals surface area (Å²) in [7, 11) is 1.70. The molecule has 7 heteroatoms. The van der Waals surface area contributed by atoms with Crippen molar-refractivity contribution in [1.29, 1.82) is 0 Å². The van der Waals surface area contributed by atoms with Crippen molar-refractivity contribution in [3.05, 3.63) is 23.4 Å². The van der Waals surface area contributed by atoms with Gasteiger partial charge in [-0.2, -0.15) is 5.10 Å². The number of aromatic nitrogens is 3. The molecule has 5 rings (SSSR count). The quantitative estimate of drug-likeness (QED) is 0.749. The molecule has 2 saturated heterocycles. The van der Waals surface area contributed by atoms with Crippen molar-refractivity contribution in [2.45, 2.75) is 32.5 Å². The van der Waals surface area contributed by atoms with Crippen molar-refractivity contribution >= 4 is 27.6 Å². The van der Waals surface area contributed by atoms with Gasteiger partial charge in [0.05, 0.1) is 36.9 Å². The standard InChI is InChI=1S/C20H24N4O3/c1-12-10-14(25-3)11-15-17(12)21-19-16(13(2)22-23-19)18(15)24-6-4-20(5-7-24)26-8-9-27-20/h10-11H,4-9H2,1-3H3,(H,21,22,23). The van der Waals surface area contributed by atoms with E-state index in [-0.39, 0.29) is 0 Å². The molecule has 0 atom stereocenters. The Hall–Kier alpha value is -2.38. The summed E-state index contributed by atoms with van der Waals surface area (Å²) in [4.78, 5) is 7.25. The maximum absolute atomic E-state index is 5.91. The lowest BCUT2D eigenvalue weighted by Gasteiger charge is -2.39. The molecule has 2 aromatic heterocycles. The minimum Gasteiger partial charge on any atom is -0.497 e. The van der Waals surface area contributed by atoms with Gasteiger partial charge in [-0.25, -0.2) is 4.98 Å². The molecule has 0 unspecified atom stereocenters. The molecule has 0 radical (unpaired) electrons. The fourth-order valence-electron chi connectivity index (χ4n) is 4.40. The van der Waals surface area contributed by atoms with E-state index in [0.717, 1.165) is 64.9 Å². The van der Waals surface area contributed by atoms with Crippen LogP contribution in [0.4, 0.5) is 5.69 Å². The topological polar surface area (TPSA) is 72.5 Å². The van der Waals surface area contributed by atoms with Crippen LogP contribution in [0.3, 0.4) is 0 Å². The van der Waals surface area contributed by atoms with Gasteiger partial charge in [-0.1, -0.05) is 0 Å². The third-order valence-electron chi connectivity index (χ3n) is 5.80. The number of pyridine rings is 1. The molecular formula is C20H24N4O3. The van der Waals surface area contributed by atoms with Crippen LogP contribution in [0, 0.1) is 13.8 Å². The Bertz CT molecular complexity index is 1010. The normalized spacial score (nSPS) is 19.4. The molecule has 7 nitrogen and oxygen atoms in total. The number of rotatable bonds is 2. The predicted molar refractivity (Wildman–Crippen MR) is 104 cm³/mol. The number of nitrogens with zero attached hydrogens (tertiary/aromatic N) is 3. The number of H-pyrrole nitrogens is 1. The number of aromatic amines is 1. The van der Waals surface area contributed by atoms with Gasteiger partial charge in [0.1, 0.15) is 5.75 Å². The number of anilines is 1. The summed E-state index contributed by atoms with van der Waals surface area (Å²) in [6.45, 7) is 7.25. The van der Waals surface area contributed by atoms with E-state index in [1.165, 1.54) is 5.69 Å². The second kappa shape index (κ2) is 6.07. The summed E-state index contributed by atoms with van der Waals surface area (Å²) in [5.74, 6) is 0.455. The van der Waals surface area contributed by atoms with Crippen LogP contribution in [-0.2, 0) is 9.47 Å². The van der Waals surface area contributed by atoms with Gasteiger partial charge >= 0.3 is 0 Å². The molecule has 3 aromatic rings. The van der Waals surface area contributed by atoms with E-state index in [2.05, 4.69) is 28.1 Å². The van der Waals surface area contributed by atoms with Crippen LogP contribution in [0.2, 0.25) is 0 Å². The first-order chi connectivity index (χ1) is 13.1. The number of aryl methyl sites for hydroxylation is 2. The molecule has 2 aliphatic rings. The number of nitrogens with one attached hydrogen (secondary N) is 1. The van der Waals surface area contributed by atoms with E-state index in [1.54, 1.807) is 7.11 Å². The Labute approximate surface area is 157 Å². The fourth-order valence-corrected chi connectivity index (χ4v) is 4.40. The third-order valence-corrected chi connectivity index (χ3v) is 5.80. The largest absolute Gasteiger partial charge is 0.497 e. The first kappa shape index (κ1) is 16.8. The molecular weight excluding hydrogens is 344 g/mol. The van der Waals surface area contributed by atoms with E-state index >= 15 is 0 Å². The number of fused-ring (bicyclic) bond motifs is 2. The van der Waals surface area contributed by atoms with Gasteiger partial charge in [0, 0.05) is 37.0 Å². The summed E-state index contributed by atoms with van der Waals surface area (Å²) in [5, 5.41) is 9.73. The molecule has 27 heavy (non-hydrogen) atoms. The zero-order chi connectivity index (χ0) is 18.6. The Morgan fingerprint density at radius 3 is 2.59 bits per heavy atom. The van der Waals surface area contributed by atoms with Crippen LogP contribution < -0.4 is 9.64 Å². The maximum Gasteiger partial charge on any atom is 0.183 e. The summed E-state index contributed by atoms with van der Waals surface area (Å²) in [5.41, 5.74) is 5.03. The summed E-state index contributed by atoms with van der Waals surface area (Å²) >= 11 is 0. The fraction of sp³-hybridized carbons (Fsp3) is 0.500. The van der Waals surface area contributed by atoms with Crippen molar-refractivity contribution in [2.75, 3.05) is 38.3 Å². The molecule has 0 bridgehead atoms. The van der Waals surface area contributed by atoms with Crippen molar-refractivity contribution in [3.8, 4) is 5.75 Å². The molecule has 142 valence electrons. The van der Waals surface area contributed by atoms with E-state index < -0.39 is 5.79 Å². The first-order valence-corrected chi connectivity index (χ1v) is 9.46. The van der Waals surface area contributed by atoms with Gasteiger partial charge in [0.15, 0.2) is 11.4 Å². The van der Waals surface area contributed by atoms with Crippen LogP contribution >= 0.6 is 0 Å². The van der Waals surface area contributed by atoms with Gasteiger partial charge in [0.25, 0.3) is 0 Å². The summed E-state index contributed by atoms with van der Waals surface area (Å²) < 4.78 is 17.3. The molecule has 1 spiro atoms. The van der Waals surface area contributed by atoms with E-state index in [1.807, 2.05) is 13.0 Å². The number of ether oxygens (including phenoxy) is 3. The van der Waals surface area contributed by atoms with Crippen molar-refractivity contribution in [3.63, 3.8) is 0 Å². The monoisotopic (exact) mass is 368 g/mol. The zero-order valence-electron chi connectivity index (χ0n) is 16.0. The van der Waals surface area contributed by atoms with E-state index in [4.69, 9.17) is 19.2 Å². The average molecular weight is 368 g/mol. The molecule has 1 aromatic carbocycles. The lowest BCUT2D eigenvalue weighted by molar-refractivity contribution is -0.169. The van der Waals surface area contributed by atoms with Crippen molar-refractivity contribution in [1.82, 2.24) is 15.2 Å². The van der Waals surface area contributed by atoms with Gasteiger partial charge in [0.2, 0.25) is 0 Å². The number of hydrogen-bond acceptors (Lipinski definition) is 6. The lowest BCUT2D eigenvalue weighted by Crippen LogP contribution is -2.45. The van der Waals surface area contributed by atoms with Gasteiger partial charge in [-0.05, 0) is 31.5 Å². The highest BCUT2D eigenvalue weighted by molar-refractivity contribution is 6.09. The molecule has 4 heterocycles.